The standard InChI is InChI=1S/C18H22.C14H14.C14H16/c1-13-8-6-7-9-16(13)17-12-15(18(3,4)5)11-10-14(17)2;1-11-5-3-7-13(9-11)14-8-4-6-12(2)10-14;1-11-7-3-5-9-13(11)14-10-6-4-8-12(14)2/h6-12H,1-5H3;3-10H,1-2H3;3-5,7-9H,6,10H2,1-2H3. The molecule has 1 aliphatic carbocycles. The molecular formula is C46H52. The number of allylic oxidation sites excluding steroid dienone is 4. The highest BCUT2D eigenvalue weighted by molar-refractivity contribution is 5.74. The second kappa shape index (κ2) is 15.7. The normalized spacial score (nSPS) is 12.5. The van der Waals surface area contributed by atoms with Gasteiger partial charge in [0.15, 0.2) is 0 Å². The van der Waals surface area contributed by atoms with Gasteiger partial charge in [0, 0.05) is 0 Å². The second-order valence-electron chi connectivity index (χ2n) is 13.8. The minimum Gasteiger partial charge on any atom is -0.0839 e. The predicted molar refractivity (Wildman–Crippen MR) is 204 cm³/mol. The molecule has 5 aromatic rings. The first-order chi connectivity index (χ1) is 21.9. The quantitative estimate of drug-likeness (QED) is 0.192. The van der Waals surface area contributed by atoms with E-state index in [1.54, 1.807) is 0 Å². The van der Waals surface area contributed by atoms with Crippen LogP contribution in [0.1, 0.15) is 79.5 Å². The molecule has 1 aliphatic rings. The zero-order valence-electron chi connectivity index (χ0n) is 29.5. The van der Waals surface area contributed by atoms with Gasteiger partial charge in [0.1, 0.15) is 0 Å². The molecule has 0 saturated heterocycles. The molecule has 0 heteroatoms. The smallest absolute Gasteiger partial charge is 0.0132 e. The highest BCUT2D eigenvalue weighted by Gasteiger charge is 2.15. The van der Waals surface area contributed by atoms with Crippen molar-refractivity contribution in [2.24, 2.45) is 0 Å². The van der Waals surface area contributed by atoms with E-state index >= 15 is 0 Å². The van der Waals surface area contributed by atoms with Crippen LogP contribution >= 0.6 is 0 Å². The van der Waals surface area contributed by atoms with Crippen molar-refractivity contribution in [2.45, 2.75) is 80.6 Å². The molecule has 6 rings (SSSR count). The summed E-state index contributed by atoms with van der Waals surface area (Å²) in [5.41, 5.74) is 18.0. The molecule has 0 nitrogen and oxygen atoms in total. The molecule has 0 fully saturated rings. The van der Waals surface area contributed by atoms with Crippen molar-refractivity contribution in [2.75, 3.05) is 0 Å². The Kier molecular flexibility index (Phi) is 11.8. The number of hydrogen-bond donors (Lipinski definition) is 0. The molecule has 0 N–H and O–H groups in total. The van der Waals surface area contributed by atoms with Crippen LogP contribution in [-0.4, -0.2) is 0 Å². The van der Waals surface area contributed by atoms with E-state index < -0.39 is 0 Å². The minimum absolute atomic E-state index is 0.200. The lowest BCUT2D eigenvalue weighted by atomic mass is 9.84. The highest BCUT2D eigenvalue weighted by Crippen LogP contribution is 2.32. The largest absolute Gasteiger partial charge is 0.0839 e. The van der Waals surface area contributed by atoms with Gasteiger partial charge in [-0.15, -0.1) is 0 Å². The monoisotopic (exact) mass is 604 g/mol. The van der Waals surface area contributed by atoms with Gasteiger partial charge in [-0.1, -0.05) is 159 Å². The first-order valence-electron chi connectivity index (χ1n) is 16.7. The molecule has 0 heterocycles. The van der Waals surface area contributed by atoms with Gasteiger partial charge < -0.3 is 0 Å². The maximum atomic E-state index is 2.34. The van der Waals surface area contributed by atoms with Crippen LogP contribution in [0.4, 0.5) is 0 Å². The van der Waals surface area contributed by atoms with Crippen molar-refractivity contribution < 1.29 is 0 Å². The molecule has 0 unspecified atom stereocenters. The van der Waals surface area contributed by atoms with Crippen LogP contribution in [0.2, 0.25) is 0 Å². The Morgan fingerprint density at radius 2 is 1.00 bits per heavy atom. The van der Waals surface area contributed by atoms with Crippen LogP contribution in [0.5, 0.6) is 0 Å². The van der Waals surface area contributed by atoms with Crippen molar-refractivity contribution in [1.29, 1.82) is 0 Å². The fraction of sp³-hybridized carbons (Fsp3) is 0.261. The van der Waals surface area contributed by atoms with Crippen LogP contribution in [0.25, 0.3) is 27.8 Å². The zero-order valence-corrected chi connectivity index (χ0v) is 29.5. The number of aryl methyl sites for hydroxylation is 5. The summed E-state index contributed by atoms with van der Waals surface area (Å²) >= 11 is 0. The van der Waals surface area contributed by atoms with Gasteiger partial charge in [0.2, 0.25) is 0 Å². The van der Waals surface area contributed by atoms with Crippen molar-refractivity contribution in [3.63, 3.8) is 0 Å². The maximum Gasteiger partial charge on any atom is -0.0132 e. The summed E-state index contributed by atoms with van der Waals surface area (Å²) in [6.07, 6.45) is 6.87. The van der Waals surface area contributed by atoms with Crippen LogP contribution in [0, 0.1) is 34.6 Å². The summed E-state index contributed by atoms with van der Waals surface area (Å²) in [4.78, 5) is 0. The van der Waals surface area contributed by atoms with Crippen molar-refractivity contribution >= 4 is 5.57 Å². The minimum atomic E-state index is 0.200. The van der Waals surface area contributed by atoms with Gasteiger partial charge in [-0.3, -0.25) is 0 Å². The average molecular weight is 605 g/mol. The van der Waals surface area contributed by atoms with Gasteiger partial charge in [0.25, 0.3) is 0 Å². The molecule has 0 amide bonds. The summed E-state index contributed by atoms with van der Waals surface area (Å²) in [6, 6.07) is 41.3. The van der Waals surface area contributed by atoms with E-state index in [0.717, 1.165) is 0 Å². The number of benzene rings is 5. The van der Waals surface area contributed by atoms with Crippen LogP contribution < -0.4 is 0 Å². The molecule has 0 atom stereocenters. The molecule has 0 aromatic heterocycles. The van der Waals surface area contributed by atoms with Crippen LogP contribution in [-0.2, 0) is 5.41 Å². The second-order valence-corrected chi connectivity index (χ2v) is 13.8. The Balaban J connectivity index is 0.000000158. The summed E-state index contributed by atoms with van der Waals surface area (Å²) < 4.78 is 0. The first kappa shape index (κ1) is 34.5. The van der Waals surface area contributed by atoms with Crippen molar-refractivity contribution in [3.05, 3.63) is 172 Å². The molecule has 0 bridgehead atoms. The van der Waals surface area contributed by atoms with E-state index in [-0.39, 0.29) is 5.41 Å². The molecule has 46 heavy (non-hydrogen) atoms. The first-order valence-corrected chi connectivity index (χ1v) is 16.7. The van der Waals surface area contributed by atoms with Crippen LogP contribution in [0.3, 0.4) is 0 Å². The molecule has 236 valence electrons. The lowest BCUT2D eigenvalue weighted by molar-refractivity contribution is 0.590. The van der Waals surface area contributed by atoms with Gasteiger partial charge in [-0.2, -0.15) is 0 Å². The molecule has 0 aliphatic heterocycles. The van der Waals surface area contributed by atoms with E-state index in [1.165, 1.54) is 85.2 Å². The number of hydrogen-bond acceptors (Lipinski definition) is 0. The molecule has 0 saturated carbocycles. The Morgan fingerprint density at radius 3 is 1.50 bits per heavy atom. The zero-order chi connectivity index (χ0) is 33.3. The van der Waals surface area contributed by atoms with Crippen LogP contribution in [0.15, 0.2) is 133 Å². The molecular weight excluding hydrogens is 553 g/mol. The van der Waals surface area contributed by atoms with Crippen molar-refractivity contribution in [1.82, 2.24) is 0 Å². The van der Waals surface area contributed by atoms with Gasteiger partial charge in [0.05, 0.1) is 0 Å². The van der Waals surface area contributed by atoms with Gasteiger partial charge >= 0.3 is 0 Å². The topological polar surface area (TPSA) is 0 Å². The van der Waals surface area contributed by atoms with E-state index in [2.05, 4.69) is 190 Å². The Hall–Kier alpha value is -4.42. The molecule has 5 aromatic carbocycles. The average Bonchev–Trinajstić information content (AvgIpc) is 3.03. The van der Waals surface area contributed by atoms with Gasteiger partial charge in [-0.05, 0) is 121 Å². The predicted octanol–water partition coefficient (Wildman–Crippen LogP) is 13.4. The third-order valence-electron chi connectivity index (χ3n) is 8.78. The summed E-state index contributed by atoms with van der Waals surface area (Å²) in [5, 5.41) is 0. The Labute approximate surface area is 279 Å². The summed E-state index contributed by atoms with van der Waals surface area (Å²) in [6.45, 7) is 19.8. The van der Waals surface area contributed by atoms with Crippen molar-refractivity contribution in [3.8, 4) is 22.3 Å². The third kappa shape index (κ3) is 9.30. The number of rotatable bonds is 3. The van der Waals surface area contributed by atoms with E-state index in [9.17, 15) is 0 Å². The highest BCUT2D eigenvalue weighted by atomic mass is 14.2. The lowest BCUT2D eigenvalue weighted by Crippen LogP contribution is -2.11. The third-order valence-corrected chi connectivity index (χ3v) is 8.78. The molecule has 0 radical (unpaired) electrons. The fourth-order valence-corrected chi connectivity index (χ4v) is 5.95. The van der Waals surface area contributed by atoms with E-state index in [4.69, 9.17) is 0 Å². The Bertz CT molecular complexity index is 1780. The van der Waals surface area contributed by atoms with E-state index in [0.29, 0.717) is 0 Å². The Morgan fingerprint density at radius 1 is 0.478 bits per heavy atom. The SMILES string of the molecule is CC1=C(c2ccccc2C)CCC=C1.Cc1cccc(-c2cccc(C)c2)c1.Cc1ccccc1-c1cc(C(C)(C)C)ccc1C. The lowest BCUT2D eigenvalue weighted by Gasteiger charge is -2.21. The molecule has 0 spiro atoms. The maximum absolute atomic E-state index is 2.34. The summed E-state index contributed by atoms with van der Waals surface area (Å²) in [5.74, 6) is 0. The van der Waals surface area contributed by atoms with E-state index in [1.807, 2.05) is 0 Å². The van der Waals surface area contributed by atoms with Gasteiger partial charge in [-0.25, -0.2) is 0 Å². The summed E-state index contributed by atoms with van der Waals surface area (Å²) in [7, 11) is 0. The fourth-order valence-electron chi connectivity index (χ4n) is 5.95.